The number of hydrogen-bond donors (Lipinski definition) is 3. The Hall–Kier alpha value is -2.63. The van der Waals surface area contributed by atoms with Crippen molar-refractivity contribution in [3.05, 3.63) is 41.1 Å². The van der Waals surface area contributed by atoms with E-state index in [0.29, 0.717) is 28.9 Å². The minimum absolute atomic E-state index is 0.0299. The SMILES string of the molecule is Cc1c(NC(=O)c2cccc(NC(=O)[C@H]3C[C@H]3C)c2)n[nH]c1C1CC1. The molecule has 0 spiro atoms. The summed E-state index contributed by atoms with van der Waals surface area (Å²) in [5.74, 6) is 1.49. The van der Waals surface area contributed by atoms with Gasteiger partial charge in [-0.1, -0.05) is 13.0 Å². The lowest BCUT2D eigenvalue weighted by Gasteiger charge is -2.08. The highest BCUT2D eigenvalue weighted by Crippen LogP contribution is 2.41. The predicted octanol–water partition coefficient (Wildman–Crippen LogP) is 3.44. The summed E-state index contributed by atoms with van der Waals surface area (Å²) in [7, 11) is 0. The number of benzene rings is 1. The Bertz CT molecular complexity index is 838. The lowest BCUT2D eigenvalue weighted by atomic mass is 10.1. The van der Waals surface area contributed by atoms with Crippen LogP contribution in [-0.2, 0) is 4.79 Å². The van der Waals surface area contributed by atoms with Crippen LogP contribution in [0.1, 0.15) is 53.7 Å². The first-order valence-electron chi connectivity index (χ1n) is 8.80. The van der Waals surface area contributed by atoms with Gasteiger partial charge in [0.2, 0.25) is 5.91 Å². The van der Waals surface area contributed by atoms with E-state index in [4.69, 9.17) is 0 Å². The lowest BCUT2D eigenvalue weighted by Crippen LogP contribution is -2.16. The van der Waals surface area contributed by atoms with Gasteiger partial charge in [-0.3, -0.25) is 14.7 Å². The molecule has 6 nitrogen and oxygen atoms in total. The third-order valence-corrected chi connectivity index (χ3v) is 5.10. The normalized spacial score (nSPS) is 21.7. The highest BCUT2D eigenvalue weighted by molar-refractivity contribution is 6.05. The number of hydrogen-bond acceptors (Lipinski definition) is 3. The summed E-state index contributed by atoms with van der Waals surface area (Å²) in [5, 5.41) is 13.0. The van der Waals surface area contributed by atoms with Gasteiger partial charge in [0.1, 0.15) is 0 Å². The molecule has 2 saturated carbocycles. The van der Waals surface area contributed by atoms with E-state index in [1.165, 1.54) is 12.8 Å². The first kappa shape index (κ1) is 15.9. The molecule has 1 heterocycles. The quantitative estimate of drug-likeness (QED) is 0.780. The number of anilines is 2. The zero-order valence-electron chi connectivity index (χ0n) is 14.4. The van der Waals surface area contributed by atoms with Gasteiger partial charge in [0.25, 0.3) is 5.91 Å². The molecule has 2 amide bonds. The Labute approximate surface area is 146 Å². The van der Waals surface area contributed by atoms with Crippen LogP contribution in [-0.4, -0.2) is 22.0 Å². The zero-order valence-corrected chi connectivity index (χ0v) is 14.4. The van der Waals surface area contributed by atoms with Crippen molar-refractivity contribution in [2.45, 2.75) is 39.0 Å². The van der Waals surface area contributed by atoms with Crippen molar-refractivity contribution < 1.29 is 9.59 Å². The molecule has 130 valence electrons. The molecule has 25 heavy (non-hydrogen) atoms. The van der Waals surface area contributed by atoms with Gasteiger partial charge in [0, 0.05) is 34.3 Å². The second-order valence-corrected chi connectivity index (χ2v) is 7.23. The molecule has 3 N–H and O–H groups in total. The van der Waals surface area contributed by atoms with Gasteiger partial charge in [-0.05, 0) is 50.3 Å². The molecule has 4 rings (SSSR count). The Kier molecular flexibility index (Phi) is 3.82. The van der Waals surface area contributed by atoms with Crippen molar-refractivity contribution in [2.24, 2.45) is 11.8 Å². The van der Waals surface area contributed by atoms with E-state index in [1.54, 1.807) is 24.3 Å². The molecular weight excluding hydrogens is 316 g/mol. The summed E-state index contributed by atoms with van der Waals surface area (Å²) in [6.45, 7) is 4.04. The van der Waals surface area contributed by atoms with Gasteiger partial charge in [0.05, 0.1) is 0 Å². The minimum Gasteiger partial charge on any atom is -0.326 e. The Balaban J connectivity index is 1.45. The maximum absolute atomic E-state index is 12.5. The number of rotatable bonds is 5. The van der Waals surface area contributed by atoms with Crippen LogP contribution >= 0.6 is 0 Å². The standard InChI is InChI=1S/C19H22N4O2/c1-10-8-15(10)19(25)20-14-5-3-4-13(9-14)18(24)21-17-11(2)16(22-23-17)12-6-7-12/h3-5,9-10,12,15H,6-8H2,1-2H3,(H,20,25)(H2,21,22,23,24)/t10-,15+/m1/s1. The second kappa shape index (κ2) is 6.02. The predicted molar refractivity (Wildman–Crippen MR) is 95.6 cm³/mol. The summed E-state index contributed by atoms with van der Waals surface area (Å²) >= 11 is 0. The van der Waals surface area contributed by atoms with E-state index < -0.39 is 0 Å². The summed E-state index contributed by atoms with van der Waals surface area (Å²) in [4.78, 5) is 24.6. The van der Waals surface area contributed by atoms with Crippen LogP contribution in [0.25, 0.3) is 0 Å². The van der Waals surface area contributed by atoms with E-state index in [1.807, 2.05) is 6.92 Å². The fourth-order valence-corrected chi connectivity index (χ4v) is 3.14. The van der Waals surface area contributed by atoms with Crippen molar-refractivity contribution in [3.63, 3.8) is 0 Å². The second-order valence-electron chi connectivity index (χ2n) is 7.23. The molecule has 1 aromatic heterocycles. The molecule has 1 aromatic carbocycles. The fraction of sp³-hybridized carbons (Fsp3) is 0.421. The van der Waals surface area contributed by atoms with Gasteiger partial charge in [-0.25, -0.2) is 0 Å². The molecular formula is C19H22N4O2. The number of H-pyrrole nitrogens is 1. The molecule has 2 aliphatic carbocycles. The Morgan fingerprint density at radius 1 is 1.24 bits per heavy atom. The maximum Gasteiger partial charge on any atom is 0.256 e. The first-order chi connectivity index (χ1) is 12.0. The molecule has 0 radical (unpaired) electrons. The first-order valence-corrected chi connectivity index (χ1v) is 8.80. The fourth-order valence-electron chi connectivity index (χ4n) is 3.14. The number of carbonyl (C=O) groups is 2. The van der Waals surface area contributed by atoms with Crippen molar-refractivity contribution >= 4 is 23.3 Å². The number of nitrogens with one attached hydrogen (secondary N) is 3. The largest absolute Gasteiger partial charge is 0.326 e. The van der Waals surface area contributed by atoms with Crippen LogP contribution in [0.3, 0.4) is 0 Å². The van der Waals surface area contributed by atoms with E-state index in [0.717, 1.165) is 17.7 Å². The summed E-state index contributed by atoms with van der Waals surface area (Å²) in [5.41, 5.74) is 3.27. The molecule has 0 aliphatic heterocycles. The van der Waals surface area contributed by atoms with Crippen molar-refractivity contribution in [1.29, 1.82) is 0 Å². The van der Waals surface area contributed by atoms with Crippen LogP contribution in [0.15, 0.2) is 24.3 Å². The summed E-state index contributed by atoms with van der Waals surface area (Å²) < 4.78 is 0. The third-order valence-electron chi connectivity index (χ3n) is 5.10. The van der Waals surface area contributed by atoms with Crippen molar-refractivity contribution in [3.8, 4) is 0 Å². The van der Waals surface area contributed by atoms with Crippen LogP contribution in [0.4, 0.5) is 11.5 Å². The van der Waals surface area contributed by atoms with Gasteiger partial charge in [-0.15, -0.1) is 0 Å². The number of nitrogens with zero attached hydrogens (tertiary/aromatic N) is 1. The monoisotopic (exact) mass is 338 g/mol. The average Bonchev–Trinajstić information content (AvgIpc) is 3.51. The summed E-state index contributed by atoms with van der Waals surface area (Å²) in [6, 6.07) is 7.00. The van der Waals surface area contributed by atoms with Gasteiger partial charge in [0.15, 0.2) is 5.82 Å². The lowest BCUT2D eigenvalue weighted by molar-refractivity contribution is -0.117. The number of aromatic nitrogens is 2. The van der Waals surface area contributed by atoms with E-state index >= 15 is 0 Å². The topological polar surface area (TPSA) is 86.9 Å². The minimum atomic E-state index is -0.229. The number of aromatic amines is 1. The molecule has 2 aromatic rings. The van der Waals surface area contributed by atoms with Gasteiger partial charge < -0.3 is 10.6 Å². The Morgan fingerprint density at radius 3 is 2.68 bits per heavy atom. The highest BCUT2D eigenvalue weighted by Gasteiger charge is 2.39. The smallest absolute Gasteiger partial charge is 0.256 e. The van der Waals surface area contributed by atoms with Crippen LogP contribution in [0, 0.1) is 18.8 Å². The molecule has 2 aliphatic rings. The van der Waals surface area contributed by atoms with Crippen LogP contribution in [0.5, 0.6) is 0 Å². The van der Waals surface area contributed by atoms with E-state index in [-0.39, 0.29) is 17.7 Å². The van der Waals surface area contributed by atoms with Crippen LogP contribution in [0.2, 0.25) is 0 Å². The van der Waals surface area contributed by atoms with Gasteiger partial charge >= 0.3 is 0 Å². The maximum atomic E-state index is 12.5. The highest BCUT2D eigenvalue weighted by atomic mass is 16.2. The van der Waals surface area contributed by atoms with Crippen molar-refractivity contribution in [1.82, 2.24) is 10.2 Å². The van der Waals surface area contributed by atoms with E-state index in [2.05, 4.69) is 27.8 Å². The van der Waals surface area contributed by atoms with Crippen molar-refractivity contribution in [2.75, 3.05) is 10.6 Å². The average molecular weight is 338 g/mol. The third kappa shape index (κ3) is 3.29. The number of amides is 2. The molecule has 0 bridgehead atoms. The zero-order chi connectivity index (χ0) is 17.6. The van der Waals surface area contributed by atoms with Crippen LogP contribution < -0.4 is 10.6 Å². The van der Waals surface area contributed by atoms with Gasteiger partial charge in [-0.2, -0.15) is 5.10 Å². The Morgan fingerprint density at radius 2 is 2.00 bits per heavy atom. The molecule has 2 atom stereocenters. The molecule has 0 saturated heterocycles. The summed E-state index contributed by atoms with van der Waals surface area (Å²) in [6.07, 6.45) is 3.29. The number of carbonyl (C=O) groups excluding carboxylic acids is 2. The molecule has 6 heteroatoms. The molecule has 0 unspecified atom stereocenters. The van der Waals surface area contributed by atoms with E-state index in [9.17, 15) is 9.59 Å². The molecule has 2 fully saturated rings.